The van der Waals surface area contributed by atoms with Crippen molar-refractivity contribution in [2.75, 3.05) is 26.2 Å². The van der Waals surface area contributed by atoms with Crippen molar-refractivity contribution in [2.24, 2.45) is 0 Å². The second-order valence-corrected chi connectivity index (χ2v) is 10.4. The highest BCUT2D eigenvalue weighted by Crippen LogP contribution is 2.34. The minimum atomic E-state index is -0.449. The van der Waals surface area contributed by atoms with Crippen molar-refractivity contribution < 1.29 is 14.5 Å². The standard InChI is InChI=1S/C23H29N3O4S/c1-23(2,3)31-21-7-5-4-6-19(21)16-24-12-14-25(15-13-24)22(27)30-17-18-8-10-20(11-9-18)26(28)29/h4-11H,12-17H2,1-3H3. The van der Waals surface area contributed by atoms with Crippen LogP contribution in [0.15, 0.2) is 53.4 Å². The summed E-state index contributed by atoms with van der Waals surface area (Å²) in [4.78, 5) is 28.1. The van der Waals surface area contributed by atoms with Gasteiger partial charge >= 0.3 is 6.09 Å². The molecular formula is C23H29N3O4S. The van der Waals surface area contributed by atoms with Gasteiger partial charge in [-0.1, -0.05) is 39.0 Å². The van der Waals surface area contributed by atoms with Crippen molar-refractivity contribution >= 4 is 23.5 Å². The number of benzene rings is 2. The molecule has 2 aromatic rings. The van der Waals surface area contributed by atoms with Crippen LogP contribution in [-0.4, -0.2) is 51.7 Å². The van der Waals surface area contributed by atoms with E-state index in [1.54, 1.807) is 17.0 Å². The number of thioether (sulfide) groups is 1. The number of hydrogen-bond acceptors (Lipinski definition) is 6. The molecule has 0 radical (unpaired) electrons. The second kappa shape index (κ2) is 10.2. The minimum absolute atomic E-state index is 0.0219. The van der Waals surface area contributed by atoms with Crippen LogP contribution in [0.2, 0.25) is 0 Å². The lowest BCUT2D eigenvalue weighted by Crippen LogP contribution is -2.48. The molecule has 0 aromatic heterocycles. The number of non-ortho nitro benzene ring substituents is 1. The molecule has 31 heavy (non-hydrogen) atoms. The monoisotopic (exact) mass is 443 g/mol. The Labute approximate surface area is 187 Å². The molecule has 1 saturated heterocycles. The van der Waals surface area contributed by atoms with Crippen LogP contribution in [0.1, 0.15) is 31.9 Å². The van der Waals surface area contributed by atoms with Gasteiger partial charge in [0.15, 0.2) is 0 Å². The lowest BCUT2D eigenvalue weighted by atomic mass is 10.2. The molecule has 0 saturated carbocycles. The van der Waals surface area contributed by atoms with Crippen LogP contribution in [0.5, 0.6) is 0 Å². The normalized spacial score (nSPS) is 15.0. The highest BCUT2D eigenvalue weighted by molar-refractivity contribution is 8.00. The van der Waals surface area contributed by atoms with E-state index < -0.39 is 4.92 Å². The largest absolute Gasteiger partial charge is 0.445 e. The molecule has 1 fully saturated rings. The van der Waals surface area contributed by atoms with Gasteiger partial charge in [0, 0.05) is 54.5 Å². The van der Waals surface area contributed by atoms with E-state index in [1.807, 2.05) is 11.8 Å². The maximum atomic E-state index is 12.4. The average Bonchev–Trinajstić information content (AvgIpc) is 2.73. The number of nitrogens with zero attached hydrogens (tertiary/aromatic N) is 3. The molecule has 1 aliphatic heterocycles. The molecule has 0 atom stereocenters. The molecule has 0 bridgehead atoms. The Hall–Kier alpha value is -2.58. The number of hydrogen-bond donors (Lipinski definition) is 0. The van der Waals surface area contributed by atoms with Gasteiger partial charge in [-0.3, -0.25) is 15.0 Å². The molecule has 3 rings (SSSR count). The van der Waals surface area contributed by atoms with Crippen molar-refractivity contribution in [2.45, 2.75) is 43.6 Å². The highest BCUT2D eigenvalue weighted by atomic mass is 32.2. The number of nitro groups is 1. The zero-order valence-electron chi connectivity index (χ0n) is 18.2. The number of carbonyl (C=O) groups is 1. The van der Waals surface area contributed by atoms with E-state index in [4.69, 9.17) is 4.74 Å². The van der Waals surface area contributed by atoms with E-state index in [0.717, 1.165) is 25.2 Å². The SMILES string of the molecule is CC(C)(C)Sc1ccccc1CN1CCN(C(=O)OCc2ccc([N+](=O)[O-])cc2)CC1. The Morgan fingerprint density at radius 3 is 2.32 bits per heavy atom. The Kier molecular flexibility index (Phi) is 7.56. The Balaban J connectivity index is 1.47. The first kappa shape index (κ1) is 23.1. The molecular weight excluding hydrogens is 414 g/mol. The Bertz CT molecular complexity index is 904. The molecule has 1 heterocycles. The lowest BCUT2D eigenvalue weighted by molar-refractivity contribution is -0.384. The Morgan fingerprint density at radius 2 is 1.71 bits per heavy atom. The van der Waals surface area contributed by atoms with Crippen molar-refractivity contribution in [3.8, 4) is 0 Å². The molecule has 0 N–H and O–H groups in total. The molecule has 0 spiro atoms. The molecule has 7 nitrogen and oxygen atoms in total. The van der Waals surface area contributed by atoms with Crippen LogP contribution in [-0.2, 0) is 17.9 Å². The molecule has 0 aliphatic carbocycles. The van der Waals surface area contributed by atoms with Gasteiger partial charge < -0.3 is 9.64 Å². The predicted molar refractivity (Wildman–Crippen MR) is 122 cm³/mol. The molecule has 1 aliphatic rings. The molecule has 1 amide bonds. The number of amides is 1. The average molecular weight is 444 g/mol. The third-order valence-corrected chi connectivity index (χ3v) is 6.15. The van der Waals surface area contributed by atoms with Crippen molar-refractivity contribution in [3.63, 3.8) is 0 Å². The minimum Gasteiger partial charge on any atom is -0.445 e. The molecule has 166 valence electrons. The summed E-state index contributed by atoms with van der Waals surface area (Å²) in [6, 6.07) is 14.6. The van der Waals surface area contributed by atoms with Crippen molar-refractivity contribution in [1.29, 1.82) is 0 Å². The molecule has 2 aromatic carbocycles. The summed E-state index contributed by atoms with van der Waals surface area (Å²) in [6.45, 7) is 10.4. The van der Waals surface area contributed by atoms with E-state index >= 15 is 0 Å². The fourth-order valence-electron chi connectivity index (χ4n) is 3.34. The van der Waals surface area contributed by atoms with Crippen LogP contribution in [0.3, 0.4) is 0 Å². The molecule has 0 unspecified atom stereocenters. The summed E-state index contributed by atoms with van der Waals surface area (Å²) in [7, 11) is 0. The first-order chi connectivity index (χ1) is 14.7. The lowest BCUT2D eigenvalue weighted by Gasteiger charge is -2.34. The van der Waals surface area contributed by atoms with Crippen molar-refractivity contribution in [3.05, 3.63) is 69.8 Å². The highest BCUT2D eigenvalue weighted by Gasteiger charge is 2.23. The van der Waals surface area contributed by atoms with Gasteiger partial charge in [-0.15, -0.1) is 11.8 Å². The first-order valence-electron chi connectivity index (χ1n) is 10.4. The van der Waals surface area contributed by atoms with Crippen LogP contribution in [0, 0.1) is 10.1 Å². The summed E-state index contributed by atoms with van der Waals surface area (Å²) in [5.74, 6) is 0. The number of nitro benzene ring substituents is 1. The summed E-state index contributed by atoms with van der Waals surface area (Å²) >= 11 is 1.88. The third kappa shape index (κ3) is 6.97. The van der Waals surface area contributed by atoms with E-state index in [-0.39, 0.29) is 23.1 Å². The summed E-state index contributed by atoms with van der Waals surface area (Å²) in [5, 5.41) is 10.7. The predicted octanol–water partition coefficient (Wildman–Crippen LogP) is 4.94. The van der Waals surface area contributed by atoms with Gasteiger partial charge in [0.05, 0.1) is 4.92 Å². The van der Waals surface area contributed by atoms with E-state index in [0.29, 0.717) is 13.1 Å². The van der Waals surface area contributed by atoms with E-state index in [2.05, 4.69) is 49.9 Å². The van der Waals surface area contributed by atoms with E-state index in [9.17, 15) is 14.9 Å². The van der Waals surface area contributed by atoms with Crippen molar-refractivity contribution in [1.82, 2.24) is 9.80 Å². The Morgan fingerprint density at radius 1 is 1.06 bits per heavy atom. The smallest absolute Gasteiger partial charge is 0.410 e. The maximum Gasteiger partial charge on any atom is 0.410 e. The zero-order valence-corrected chi connectivity index (χ0v) is 19.1. The fraction of sp³-hybridized carbons (Fsp3) is 0.435. The summed E-state index contributed by atoms with van der Waals surface area (Å²) in [6.07, 6.45) is -0.346. The van der Waals surface area contributed by atoms with Gasteiger partial charge in [-0.05, 0) is 29.3 Å². The summed E-state index contributed by atoms with van der Waals surface area (Å²) < 4.78 is 5.55. The van der Waals surface area contributed by atoms with Crippen LogP contribution in [0.25, 0.3) is 0 Å². The van der Waals surface area contributed by atoms with Gasteiger partial charge in [-0.25, -0.2) is 4.79 Å². The first-order valence-corrected chi connectivity index (χ1v) is 11.2. The zero-order chi connectivity index (χ0) is 22.4. The number of rotatable bonds is 6. The third-order valence-electron chi connectivity index (χ3n) is 4.92. The second-order valence-electron chi connectivity index (χ2n) is 8.56. The summed E-state index contributed by atoms with van der Waals surface area (Å²) in [5.41, 5.74) is 2.07. The van der Waals surface area contributed by atoms with E-state index in [1.165, 1.54) is 22.6 Å². The maximum absolute atomic E-state index is 12.4. The van der Waals surface area contributed by atoms with Gasteiger partial charge in [0.25, 0.3) is 5.69 Å². The van der Waals surface area contributed by atoms with Gasteiger partial charge in [0.1, 0.15) is 6.61 Å². The number of ether oxygens (including phenoxy) is 1. The van der Waals surface area contributed by atoms with Gasteiger partial charge in [0.2, 0.25) is 0 Å². The fourth-order valence-corrected chi connectivity index (χ4v) is 4.41. The quantitative estimate of drug-likeness (QED) is 0.358. The van der Waals surface area contributed by atoms with Crippen LogP contribution < -0.4 is 0 Å². The number of piperazine rings is 1. The van der Waals surface area contributed by atoms with Crippen LogP contribution in [0.4, 0.5) is 10.5 Å². The van der Waals surface area contributed by atoms with Crippen LogP contribution >= 0.6 is 11.8 Å². The topological polar surface area (TPSA) is 75.9 Å². The molecule has 8 heteroatoms. The van der Waals surface area contributed by atoms with Gasteiger partial charge in [-0.2, -0.15) is 0 Å². The number of carbonyl (C=O) groups excluding carboxylic acids is 1.